The molecule has 194 valence electrons. The molecule has 7 nitrogen and oxygen atoms in total. The van der Waals surface area contributed by atoms with Crippen LogP contribution in [0.15, 0.2) is 59.3 Å². The summed E-state index contributed by atoms with van der Waals surface area (Å²) in [4.78, 5) is 24.4. The SMILES string of the molecule is CC(C)(C)OC(=O)NCCN(C(=O)C(Cl)Cl)c1cccc(-c2ccno2)c1.Cc1c(Cl)cccc1Cl. The number of anilines is 1. The molecule has 0 unspecified atom stereocenters. The summed E-state index contributed by atoms with van der Waals surface area (Å²) < 4.78 is 10.3. The maximum absolute atomic E-state index is 12.4. The zero-order valence-corrected chi connectivity index (χ0v) is 23.3. The quantitative estimate of drug-likeness (QED) is 0.312. The zero-order valence-electron chi connectivity index (χ0n) is 20.2. The Hall–Kier alpha value is -2.45. The van der Waals surface area contributed by atoms with Gasteiger partial charge in [0.15, 0.2) is 10.6 Å². The highest BCUT2D eigenvalue weighted by Gasteiger charge is 2.23. The van der Waals surface area contributed by atoms with E-state index < -0.39 is 22.4 Å². The molecule has 0 radical (unpaired) electrons. The number of ether oxygens (including phenoxy) is 1. The van der Waals surface area contributed by atoms with Crippen LogP contribution in [0.1, 0.15) is 26.3 Å². The Morgan fingerprint density at radius 3 is 2.25 bits per heavy atom. The molecule has 0 saturated carbocycles. The molecular weight excluding hydrogens is 548 g/mol. The number of alkyl halides is 2. The summed E-state index contributed by atoms with van der Waals surface area (Å²) >= 11 is 23.0. The first-order valence-electron chi connectivity index (χ1n) is 10.9. The normalized spacial score (nSPS) is 10.9. The summed E-state index contributed by atoms with van der Waals surface area (Å²) in [5, 5.41) is 7.73. The number of alkyl carbamates (subject to hydrolysis) is 1. The van der Waals surface area contributed by atoms with E-state index in [2.05, 4.69) is 10.5 Å². The van der Waals surface area contributed by atoms with Crippen molar-refractivity contribution in [3.63, 3.8) is 0 Å². The van der Waals surface area contributed by atoms with E-state index in [0.29, 0.717) is 11.4 Å². The van der Waals surface area contributed by atoms with Crippen LogP contribution in [0.2, 0.25) is 10.0 Å². The summed E-state index contributed by atoms with van der Waals surface area (Å²) in [6, 6.07) is 14.3. The molecule has 0 saturated heterocycles. The van der Waals surface area contributed by atoms with Crippen LogP contribution in [0.5, 0.6) is 0 Å². The monoisotopic (exact) mass is 573 g/mol. The molecule has 11 heteroatoms. The Morgan fingerprint density at radius 1 is 1.08 bits per heavy atom. The molecule has 1 heterocycles. The van der Waals surface area contributed by atoms with E-state index in [1.54, 1.807) is 45.0 Å². The highest BCUT2D eigenvalue weighted by Crippen LogP contribution is 2.26. The van der Waals surface area contributed by atoms with E-state index >= 15 is 0 Å². The third kappa shape index (κ3) is 9.54. The van der Waals surface area contributed by atoms with Gasteiger partial charge in [-0.05, 0) is 57.5 Å². The smallest absolute Gasteiger partial charge is 0.407 e. The zero-order chi connectivity index (χ0) is 26.9. The van der Waals surface area contributed by atoms with Crippen molar-refractivity contribution < 1.29 is 18.8 Å². The fourth-order valence-electron chi connectivity index (χ4n) is 2.84. The van der Waals surface area contributed by atoms with Gasteiger partial charge < -0.3 is 19.5 Å². The Kier molecular flexibility index (Phi) is 11.4. The minimum Gasteiger partial charge on any atom is -0.444 e. The van der Waals surface area contributed by atoms with Crippen molar-refractivity contribution in [3.8, 4) is 11.3 Å². The maximum Gasteiger partial charge on any atom is 0.407 e. The number of aromatic nitrogens is 1. The second-order valence-electron chi connectivity index (χ2n) is 8.49. The number of benzene rings is 2. The predicted molar refractivity (Wildman–Crippen MR) is 145 cm³/mol. The lowest BCUT2D eigenvalue weighted by Gasteiger charge is -2.25. The van der Waals surface area contributed by atoms with Gasteiger partial charge in [0.25, 0.3) is 5.91 Å². The molecule has 3 aromatic rings. The lowest BCUT2D eigenvalue weighted by molar-refractivity contribution is -0.117. The number of hydrogen-bond acceptors (Lipinski definition) is 5. The maximum atomic E-state index is 12.4. The first-order valence-corrected chi connectivity index (χ1v) is 12.5. The molecular formula is C25H27Cl4N3O4. The average Bonchev–Trinajstić information content (AvgIpc) is 3.34. The Bertz CT molecular complexity index is 1130. The molecule has 1 N–H and O–H groups in total. The summed E-state index contributed by atoms with van der Waals surface area (Å²) in [7, 11) is 0. The number of nitrogens with one attached hydrogen (secondary N) is 1. The van der Waals surface area contributed by atoms with Crippen LogP contribution >= 0.6 is 46.4 Å². The minimum atomic E-state index is -1.24. The standard InChI is InChI=1S/C18H21Cl2N3O4.C7H6Cl2/c1-18(2,3)26-17(25)21-9-10-23(16(24)15(19)20)13-6-4-5-12(11-13)14-7-8-22-27-14;1-5-6(8)3-2-4-7(5)9/h4-8,11,15H,9-10H2,1-3H3,(H,21,25);2-4H,1H3. The van der Waals surface area contributed by atoms with Crippen molar-refractivity contribution in [1.29, 1.82) is 0 Å². The van der Waals surface area contributed by atoms with Gasteiger partial charge in [-0.2, -0.15) is 0 Å². The van der Waals surface area contributed by atoms with Crippen molar-refractivity contribution in [3.05, 3.63) is 70.3 Å². The molecule has 0 bridgehead atoms. The highest BCUT2D eigenvalue weighted by atomic mass is 35.5. The summed E-state index contributed by atoms with van der Waals surface area (Å²) in [6.07, 6.45) is 0.960. The van der Waals surface area contributed by atoms with Gasteiger partial charge in [0.05, 0.1) is 6.20 Å². The van der Waals surface area contributed by atoms with Crippen molar-refractivity contribution in [2.24, 2.45) is 0 Å². The average molecular weight is 575 g/mol. The molecule has 0 fully saturated rings. The van der Waals surface area contributed by atoms with E-state index in [4.69, 9.17) is 55.7 Å². The van der Waals surface area contributed by atoms with Gasteiger partial charge in [0.1, 0.15) is 5.60 Å². The van der Waals surface area contributed by atoms with E-state index in [1.165, 1.54) is 11.1 Å². The van der Waals surface area contributed by atoms with Gasteiger partial charge in [0, 0.05) is 40.5 Å². The van der Waals surface area contributed by atoms with Crippen molar-refractivity contribution in [1.82, 2.24) is 10.5 Å². The van der Waals surface area contributed by atoms with E-state index in [-0.39, 0.29) is 13.1 Å². The predicted octanol–water partition coefficient (Wildman–Crippen LogP) is 7.30. The lowest BCUT2D eigenvalue weighted by atomic mass is 10.1. The summed E-state index contributed by atoms with van der Waals surface area (Å²) in [5.41, 5.74) is 1.64. The van der Waals surface area contributed by atoms with E-state index in [1.807, 2.05) is 31.2 Å². The molecule has 1 aromatic heterocycles. The fourth-order valence-corrected chi connectivity index (χ4v) is 3.47. The van der Waals surface area contributed by atoms with Gasteiger partial charge in [-0.1, -0.05) is 69.8 Å². The van der Waals surface area contributed by atoms with Crippen LogP contribution in [0.4, 0.5) is 10.5 Å². The number of carbonyl (C=O) groups is 2. The van der Waals surface area contributed by atoms with Gasteiger partial charge >= 0.3 is 6.09 Å². The second kappa shape index (κ2) is 13.7. The van der Waals surface area contributed by atoms with Crippen LogP contribution in [0.25, 0.3) is 11.3 Å². The summed E-state index contributed by atoms with van der Waals surface area (Å²) in [6.45, 7) is 7.52. The van der Waals surface area contributed by atoms with Crippen LogP contribution < -0.4 is 10.2 Å². The largest absolute Gasteiger partial charge is 0.444 e. The lowest BCUT2D eigenvalue weighted by Crippen LogP contribution is -2.42. The Labute approximate surface area is 230 Å². The molecule has 2 aromatic carbocycles. The first kappa shape index (κ1) is 29.8. The van der Waals surface area contributed by atoms with Gasteiger partial charge in [-0.25, -0.2) is 4.79 Å². The Morgan fingerprint density at radius 2 is 1.72 bits per heavy atom. The molecule has 0 aliphatic rings. The fraction of sp³-hybridized carbons (Fsp3) is 0.320. The van der Waals surface area contributed by atoms with Crippen molar-refractivity contribution in [2.75, 3.05) is 18.0 Å². The molecule has 36 heavy (non-hydrogen) atoms. The highest BCUT2D eigenvalue weighted by molar-refractivity contribution is 6.54. The van der Waals surface area contributed by atoms with E-state index in [0.717, 1.165) is 21.2 Å². The number of halogens is 4. The molecule has 3 rings (SSSR count). The second-order valence-corrected chi connectivity index (χ2v) is 10.4. The third-order valence-electron chi connectivity index (χ3n) is 4.54. The molecule has 0 spiro atoms. The van der Waals surface area contributed by atoms with Crippen LogP contribution in [-0.2, 0) is 9.53 Å². The van der Waals surface area contributed by atoms with Gasteiger partial charge in [-0.3, -0.25) is 4.79 Å². The van der Waals surface area contributed by atoms with Crippen molar-refractivity contribution in [2.45, 2.75) is 38.1 Å². The number of nitrogens with zero attached hydrogens (tertiary/aromatic N) is 2. The van der Waals surface area contributed by atoms with E-state index in [9.17, 15) is 9.59 Å². The topological polar surface area (TPSA) is 84.7 Å². The number of carbonyl (C=O) groups excluding carboxylic acids is 2. The molecule has 0 aliphatic carbocycles. The van der Waals surface area contributed by atoms with Gasteiger partial charge in [0.2, 0.25) is 0 Å². The summed E-state index contributed by atoms with van der Waals surface area (Å²) in [5.74, 6) is 0.0588. The van der Waals surface area contributed by atoms with Gasteiger partial charge in [-0.15, -0.1) is 0 Å². The minimum absolute atomic E-state index is 0.160. The number of amides is 2. The van der Waals surface area contributed by atoms with Crippen molar-refractivity contribution >= 4 is 64.1 Å². The first-order chi connectivity index (χ1) is 16.9. The van der Waals surface area contributed by atoms with Crippen LogP contribution in [0, 0.1) is 6.92 Å². The Balaban J connectivity index is 0.000000425. The number of rotatable bonds is 6. The third-order valence-corrected chi connectivity index (χ3v) is 5.73. The van der Waals surface area contributed by atoms with Crippen LogP contribution in [0.3, 0.4) is 0 Å². The molecule has 0 aliphatic heterocycles. The van der Waals surface area contributed by atoms with Crippen LogP contribution in [-0.4, -0.2) is 40.7 Å². The molecule has 0 atom stereocenters. The molecule has 2 amide bonds. The number of hydrogen-bond donors (Lipinski definition) is 1.